The second-order valence-corrected chi connectivity index (χ2v) is 7.11. The van der Waals surface area contributed by atoms with Crippen LogP contribution in [0, 0.1) is 26.1 Å². The fourth-order valence-corrected chi connectivity index (χ4v) is 4.26. The number of nitrogens with zero attached hydrogens (tertiary/aromatic N) is 3. The Morgan fingerprint density at radius 2 is 1.86 bits per heavy atom. The molecule has 3 atom stereocenters. The first-order chi connectivity index (χ1) is 13.3. The van der Waals surface area contributed by atoms with E-state index in [1.54, 1.807) is 18.2 Å². The molecule has 1 aliphatic carbocycles. The molecule has 1 heterocycles. The third kappa shape index (κ3) is 2.90. The normalized spacial score (nSPS) is 29.5. The summed E-state index contributed by atoms with van der Waals surface area (Å²) in [6.45, 7) is -1.04. The zero-order chi connectivity index (χ0) is 20.5. The lowest BCUT2D eigenvalue weighted by Gasteiger charge is -2.48. The van der Waals surface area contributed by atoms with Crippen LogP contribution in [0.15, 0.2) is 42.5 Å². The van der Waals surface area contributed by atoms with E-state index in [0.29, 0.717) is 0 Å². The molecule has 1 aromatic carbocycles. The highest BCUT2D eigenvalue weighted by Gasteiger charge is 2.74. The Labute approximate surface area is 159 Å². The summed E-state index contributed by atoms with van der Waals surface area (Å²) in [6, 6.07) is 7.98. The van der Waals surface area contributed by atoms with Crippen LogP contribution in [0.4, 0.5) is 0 Å². The number of Topliss-reactive ketones (excluding diaryl/α,β-unsaturated/α-hetero) is 1. The van der Waals surface area contributed by atoms with Crippen molar-refractivity contribution >= 4 is 11.6 Å². The predicted molar refractivity (Wildman–Crippen MR) is 96.0 cm³/mol. The predicted octanol–water partition coefficient (Wildman–Crippen LogP) is 0.353. The van der Waals surface area contributed by atoms with E-state index in [1.807, 2.05) is 0 Å². The number of aliphatic hydroxyl groups excluding tert-OH is 1. The van der Waals surface area contributed by atoms with E-state index in [4.69, 9.17) is 0 Å². The number of β-amino-alcohol motifs (C(OH)–C–C–N with tert-alkyl or cyclic N) is 1. The first-order valence-electron chi connectivity index (χ1n) is 8.72. The van der Waals surface area contributed by atoms with Crippen LogP contribution in [0.5, 0.6) is 0 Å². The van der Waals surface area contributed by atoms with Crippen LogP contribution >= 0.6 is 0 Å². The van der Waals surface area contributed by atoms with E-state index in [-0.39, 0.29) is 25.3 Å². The van der Waals surface area contributed by atoms with Crippen LogP contribution in [0.1, 0.15) is 16.8 Å². The maximum Gasteiger partial charge on any atom is 0.305 e. The van der Waals surface area contributed by atoms with Gasteiger partial charge in [-0.2, -0.15) is 0 Å². The number of carbonyl (C=O) groups is 2. The van der Waals surface area contributed by atoms with E-state index < -0.39 is 51.4 Å². The molecule has 1 fully saturated rings. The number of ketones is 2. The highest BCUT2D eigenvalue weighted by Crippen LogP contribution is 2.46. The molecule has 2 bridgehead atoms. The van der Waals surface area contributed by atoms with Gasteiger partial charge in [0.15, 0.2) is 5.78 Å². The van der Waals surface area contributed by atoms with Crippen LogP contribution in [0.25, 0.3) is 0 Å². The molecule has 2 aliphatic rings. The van der Waals surface area contributed by atoms with E-state index in [9.17, 15) is 34.9 Å². The van der Waals surface area contributed by atoms with Crippen molar-refractivity contribution in [1.82, 2.24) is 4.90 Å². The minimum absolute atomic E-state index is 0.0499. The molecule has 0 unspecified atom stereocenters. The van der Waals surface area contributed by atoms with Gasteiger partial charge in [0, 0.05) is 28.4 Å². The second-order valence-electron chi connectivity index (χ2n) is 7.11. The molecule has 10 nitrogen and oxygen atoms in total. The van der Waals surface area contributed by atoms with Gasteiger partial charge in [-0.15, -0.1) is 0 Å². The first-order valence-corrected chi connectivity index (χ1v) is 8.72. The summed E-state index contributed by atoms with van der Waals surface area (Å²) in [5, 5.41) is 33.3. The van der Waals surface area contributed by atoms with Gasteiger partial charge in [0.1, 0.15) is 5.92 Å². The summed E-state index contributed by atoms with van der Waals surface area (Å²) < 4.78 is 0. The maximum absolute atomic E-state index is 12.8. The van der Waals surface area contributed by atoms with Crippen LogP contribution in [0.2, 0.25) is 0 Å². The second kappa shape index (κ2) is 7.21. The van der Waals surface area contributed by atoms with Crippen molar-refractivity contribution in [3.8, 4) is 0 Å². The molecule has 28 heavy (non-hydrogen) atoms. The Morgan fingerprint density at radius 3 is 2.43 bits per heavy atom. The number of piperidine rings is 1. The number of likely N-dealkylation sites (tertiary alicyclic amines) is 1. The van der Waals surface area contributed by atoms with E-state index in [0.717, 1.165) is 12.2 Å². The summed E-state index contributed by atoms with van der Waals surface area (Å²) >= 11 is 0. The van der Waals surface area contributed by atoms with Gasteiger partial charge >= 0.3 is 5.54 Å². The number of aliphatic hydroxyl groups is 1. The number of hydrogen-bond donors (Lipinski definition) is 1. The van der Waals surface area contributed by atoms with Crippen molar-refractivity contribution in [2.24, 2.45) is 5.92 Å². The van der Waals surface area contributed by atoms with E-state index in [2.05, 4.69) is 0 Å². The van der Waals surface area contributed by atoms with Crippen molar-refractivity contribution in [1.29, 1.82) is 0 Å². The van der Waals surface area contributed by atoms with Crippen molar-refractivity contribution in [2.45, 2.75) is 17.5 Å². The minimum Gasteiger partial charge on any atom is -0.395 e. The monoisotopic (exact) mass is 389 g/mol. The average Bonchev–Trinajstić information content (AvgIpc) is 2.66. The minimum atomic E-state index is -2.32. The van der Waals surface area contributed by atoms with Gasteiger partial charge in [-0.05, 0) is 12.2 Å². The van der Waals surface area contributed by atoms with Gasteiger partial charge < -0.3 is 5.11 Å². The third-order valence-electron chi connectivity index (χ3n) is 5.64. The molecular formula is C18H19N3O7. The van der Waals surface area contributed by atoms with Crippen LogP contribution < -0.4 is 0 Å². The SMILES string of the molecule is O=C(C[C@@H]1[C@]2([N+](=O)[O-])CN(CCO)C[C@]1([N+](=O)[O-])C=CC2=O)c1ccccc1. The van der Waals surface area contributed by atoms with Gasteiger partial charge in [-0.1, -0.05) is 30.3 Å². The number of carbonyl (C=O) groups excluding carboxylic acids is 2. The van der Waals surface area contributed by atoms with Crippen LogP contribution in [0.3, 0.4) is 0 Å². The number of fused-ring (bicyclic) bond motifs is 2. The fraction of sp³-hybridized carbons (Fsp3) is 0.444. The van der Waals surface area contributed by atoms with Crippen molar-refractivity contribution in [3.63, 3.8) is 0 Å². The van der Waals surface area contributed by atoms with Crippen molar-refractivity contribution in [2.75, 3.05) is 26.2 Å². The number of hydrogen-bond acceptors (Lipinski definition) is 8. The molecule has 1 N–H and O–H groups in total. The van der Waals surface area contributed by atoms with Crippen molar-refractivity contribution in [3.05, 3.63) is 68.3 Å². The molecule has 10 heteroatoms. The topological polar surface area (TPSA) is 144 Å². The Morgan fingerprint density at radius 1 is 1.18 bits per heavy atom. The molecule has 1 aliphatic heterocycles. The molecule has 0 saturated carbocycles. The molecular weight excluding hydrogens is 370 g/mol. The highest BCUT2D eigenvalue weighted by atomic mass is 16.6. The average molecular weight is 389 g/mol. The summed E-state index contributed by atoms with van der Waals surface area (Å²) in [6.07, 6.45) is 1.46. The largest absolute Gasteiger partial charge is 0.395 e. The molecule has 1 saturated heterocycles. The zero-order valence-electron chi connectivity index (χ0n) is 14.9. The quantitative estimate of drug-likeness (QED) is 0.400. The summed E-state index contributed by atoms with van der Waals surface area (Å²) in [5.74, 6) is -2.81. The Balaban J connectivity index is 2.12. The van der Waals surface area contributed by atoms with Crippen LogP contribution in [-0.2, 0) is 4.79 Å². The van der Waals surface area contributed by atoms with E-state index >= 15 is 0 Å². The molecule has 3 rings (SSSR count). The maximum atomic E-state index is 12.8. The van der Waals surface area contributed by atoms with E-state index in [1.165, 1.54) is 17.0 Å². The van der Waals surface area contributed by atoms with Gasteiger partial charge in [0.05, 0.1) is 19.7 Å². The molecule has 0 aromatic heterocycles. The van der Waals surface area contributed by atoms with Gasteiger partial charge in [0.25, 0.3) is 5.54 Å². The Bertz CT molecular complexity index is 856. The number of benzene rings is 1. The number of nitro groups is 2. The summed E-state index contributed by atoms with van der Waals surface area (Å²) in [4.78, 5) is 49.4. The third-order valence-corrected chi connectivity index (χ3v) is 5.64. The molecule has 0 radical (unpaired) electrons. The molecule has 1 aromatic rings. The fourth-order valence-electron chi connectivity index (χ4n) is 4.26. The lowest BCUT2D eigenvalue weighted by atomic mass is 9.60. The highest BCUT2D eigenvalue weighted by molar-refractivity contribution is 6.01. The van der Waals surface area contributed by atoms with Crippen molar-refractivity contribution < 1.29 is 24.5 Å². The Kier molecular flexibility index (Phi) is 5.09. The zero-order valence-corrected chi connectivity index (χ0v) is 14.9. The molecule has 0 spiro atoms. The first kappa shape index (κ1) is 19.8. The lowest BCUT2D eigenvalue weighted by molar-refractivity contribution is -0.623. The van der Waals surface area contributed by atoms with Crippen LogP contribution in [-0.4, -0.2) is 68.7 Å². The molecule has 148 valence electrons. The van der Waals surface area contributed by atoms with Gasteiger partial charge in [0.2, 0.25) is 5.78 Å². The van der Waals surface area contributed by atoms with Gasteiger partial charge in [-0.3, -0.25) is 34.7 Å². The standard InChI is InChI=1S/C18H19N3O7/c22-9-8-19-11-17(20(25)26)7-6-16(24)18(12-19,21(27)28)15(17)10-14(23)13-4-2-1-3-5-13/h1-7,15,22H,8-12H2/t15-,17+,18+/m0/s1. The van der Waals surface area contributed by atoms with Gasteiger partial charge in [-0.25, -0.2) is 0 Å². The number of rotatable bonds is 7. The Hall–Kier alpha value is -2.98. The lowest BCUT2D eigenvalue weighted by Crippen LogP contribution is -2.75. The summed E-state index contributed by atoms with van der Waals surface area (Å²) in [7, 11) is 0. The summed E-state index contributed by atoms with van der Waals surface area (Å²) in [5.41, 5.74) is -4.02. The molecule has 0 amide bonds. The smallest absolute Gasteiger partial charge is 0.305 e.